The maximum atomic E-state index is 6.11. The molecule has 0 aliphatic heterocycles. The van der Waals surface area contributed by atoms with E-state index in [1.807, 2.05) is 6.07 Å². The van der Waals surface area contributed by atoms with Crippen LogP contribution < -0.4 is 4.74 Å². The second-order valence-corrected chi connectivity index (χ2v) is 5.73. The van der Waals surface area contributed by atoms with Crippen molar-refractivity contribution in [2.24, 2.45) is 0 Å². The van der Waals surface area contributed by atoms with Crippen LogP contribution in [-0.2, 0) is 5.88 Å². The Morgan fingerprint density at radius 2 is 1.95 bits per heavy atom. The average molecular weight is 331 g/mol. The Balaban J connectivity index is 2.37. The Hall–Kier alpha value is -0.960. The normalized spacial score (nSPS) is 10.9. The Kier molecular flexibility index (Phi) is 5.14. The minimum atomic E-state index is 0.287. The van der Waals surface area contributed by atoms with Crippen LogP contribution in [0.25, 0.3) is 0 Å². The van der Waals surface area contributed by atoms with E-state index in [1.165, 1.54) is 0 Å². The van der Waals surface area contributed by atoms with Gasteiger partial charge >= 0.3 is 0 Å². The van der Waals surface area contributed by atoms with Crippen LogP contribution in [0.3, 0.4) is 0 Å². The van der Waals surface area contributed by atoms with Crippen LogP contribution in [0.1, 0.15) is 31.0 Å². The zero-order valence-corrected chi connectivity index (χ0v) is 13.4. The lowest BCUT2D eigenvalue weighted by Crippen LogP contribution is -1.98. The lowest BCUT2D eigenvalue weighted by molar-refractivity contribution is 0.459. The van der Waals surface area contributed by atoms with Gasteiger partial charge in [0.25, 0.3) is 0 Å². The highest BCUT2D eigenvalue weighted by Crippen LogP contribution is 2.34. The van der Waals surface area contributed by atoms with Gasteiger partial charge in [-0.2, -0.15) is 0 Å². The molecule has 0 bridgehead atoms. The minimum Gasteiger partial charge on any atom is -0.437 e. The molecule has 0 aliphatic rings. The fraction of sp³-hybridized carbons (Fsp3) is 0.267. The van der Waals surface area contributed by atoms with E-state index in [-0.39, 0.29) is 5.92 Å². The van der Waals surface area contributed by atoms with Crippen molar-refractivity contribution in [1.29, 1.82) is 0 Å². The molecule has 0 radical (unpaired) electrons. The van der Waals surface area contributed by atoms with Gasteiger partial charge in [0, 0.05) is 17.6 Å². The largest absolute Gasteiger partial charge is 0.437 e. The molecular formula is C15H14Cl3NO. The number of ether oxygens (including phenoxy) is 1. The van der Waals surface area contributed by atoms with Crippen LogP contribution in [0, 0.1) is 0 Å². The van der Waals surface area contributed by atoms with E-state index in [1.54, 1.807) is 24.3 Å². The first kappa shape index (κ1) is 15.4. The van der Waals surface area contributed by atoms with Gasteiger partial charge < -0.3 is 4.74 Å². The maximum absolute atomic E-state index is 6.11. The van der Waals surface area contributed by atoms with Gasteiger partial charge in [-0.25, -0.2) is 4.98 Å². The molecule has 2 nitrogen and oxygen atoms in total. The van der Waals surface area contributed by atoms with E-state index in [4.69, 9.17) is 39.5 Å². The Morgan fingerprint density at radius 3 is 2.60 bits per heavy atom. The minimum absolute atomic E-state index is 0.287. The Morgan fingerprint density at radius 1 is 1.20 bits per heavy atom. The van der Waals surface area contributed by atoms with Crippen molar-refractivity contribution in [1.82, 2.24) is 4.98 Å². The average Bonchev–Trinajstić information content (AvgIpc) is 2.43. The van der Waals surface area contributed by atoms with Crippen LogP contribution >= 0.6 is 34.8 Å². The van der Waals surface area contributed by atoms with Crippen LogP contribution in [0.4, 0.5) is 0 Å². The summed E-state index contributed by atoms with van der Waals surface area (Å²) < 4.78 is 5.74. The number of nitrogens with zero attached hydrogens (tertiary/aromatic N) is 1. The number of rotatable bonds is 4. The highest BCUT2D eigenvalue weighted by atomic mass is 35.5. The van der Waals surface area contributed by atoms with E-state index in [0.29, 0.717) is 27.6 Å². The molecular weight excluding hydrogens is 317 g/mol. The van der Waals surface area contributed by atoms with E-state index in [9.17, 15) is 0 Å². The first-order valence-corrected chi connectivity index (χ1v) is 7.49. The lowest BCUT2D eigenvalue weighted by Gasteiger charge is -2.12. The molecule has 2 rings (SSSR count). The summed E-state index contributed by atoms with van der Waals surface area (Å²) in [5.41, 5.74) is 1.88. The van der Waals surface area contributed by atoms with Gasteiger partial charge in [-0.1, -0.05) is 43.1 Å². The van der Waals surface area contributed by atoms with Crippen molar-refractivity contribution in [2.75, 3.05) is 0 Å². The fourth-order valence-electron chi connectivity index (χ4n) is 1.68. The van der Waals surface area contributed by atoms with Gasteiger partial charge in [0.1, 0.15) is 10.8 Å². The number of hydrogen-bond donors (Lipinski definition) is 0. The van der Waals surface area contributed by atoms with Crippen LogP contribution in [-0.4, -0.2) is 4.98 Å². The highest BCUT2D eigenvalue weighted by Gasteiger charge is 2.10. The van der Waals surface area contributed by atoms with Gasteiger partial charge in [-0.05, 0) is 29.7 Å². The van der Waals surface area contributed by atoms with E-state index in [2.05, 4.69) is 18.8 Å². The molecule has 106 valence electrons. The third-order valence-electron chi connectivity index (χ3n) is 2.76. The standard InChI is InChI=1S/C15H14Cl3NO/c1-9(2)12-6-10(8-16)7-14(19-12)20-13-5-3-4-11(17)15(13)18/h3-7,9H,8H2,1-2H3. The first-order valence-electron chi connectivity index (χ1n) is 6.20. The van der Waals surface area contributed by atoms with Crippen molar-refractivity contribution < 1.29 is 4.74 Å². The molecule has 2 aromatic rings. The number of hydrogen-bond acceptors (Lipinski definition) is 2. The van der Waals surface area contributed by atoms with Crippen LogP contribution in [0.5, 0.6) is 11.6 Å². The number of benzene rings is 1. The van der Waals surface area contributed by atoms with Gasteiger partial charge in [-0.15, -0.1) is 11.6 Å². The second kappa shape index (κ2) is 6.66. The van der Waals surface area contributed by atoms with Gasteiger partial charge in [0.05, 0.1) is 5.02 Å². The van der Waals surface area contributed by atoms with E-state index < -0.39 is 0 Å². The molecule has 0 amide bonds. The van der Waals surface area contributed by atoms with Crippen molar-refractivity contribution in [3.05, 3.63) is 51.6 Å². The zero-order chi connectivity index (χ0) is 14.7. The summed E-state index contributed by atoms with van der Waals surface area (Å²) in [6.45, 7) is 4.13. The molecule has 0 aliphatic carbocycles. The fourth-order valence-corrected chi connectivity index (χ4v) is 2.17. The summed E-state index contributed by atoms with van der Waals surface area (Å²) in [7, 11) is 0. The summed E-state index contributed by atoms with van der Waals surface area (Å²) in [6, 6.07) is 9.01. The SMILES string of the molecule is CC(C)c1cc(CCl)cc(Oc2cccc(Cl)c2Cl)n1. The summed E-state index contributed by atoms with van der Waals surface area (Å²) in [4.78, 5) is 4.46. The van der Waals surface area contributed by atoms with Crippen molar-refractivity contribution >= 4 is 34.8 Å². The third-order valence-corrected chi connectivity index (χ3v) is 3.87. The Labute approximate surface area is 133 Å². The molecule has 20 heavy (non-hydrogen) atoms. The van der Waals surface area contributed by atoms with Gasteiger partial charge in [0.2, 0.25) is 5.88 Å². The summed E-state index contributed by atoms with van der Waals surface area (Å²) in [5, 5.41) is 0.820. The zero-order valence-electron chi connectivity index (χ0n) is 11.2. The molecule has 0 fully saturated rings. The molecule has 1 aromatic carbocycles. The molecule has 0 saturated heterocycles. The van der Waals surface area contributed by atoms with Crippen molar-refractivity contribution in [3.8, 4) is 11.6 Å². The quantitative estimate of drug-likeness (QED) is 0.637. The number of aromatic nitrogens is 1. The van der Waals surface area contributed by atoms with Gasteiger partial charge in [-0.3, -0.25) is 0 Å². The summed E-state index contributed by atoms with van der Waals surface area (Å²) >= 11 is 18.0. The molecule has 1 heterocycles. The summed E-state index contributed by atoms with van der Waals surface area (Å²) in [5.74, 6) is 1.64. The third kappa shape index (κ3) is 3.57. The number of alkyl halides is 1. The van der Waals surface area contributed by atoms with E-state index >= 15 is 0 Å². The monoisotopic (exact) mass is 329 g/mol. The summed E-state index contributed by atoms with van der Waals surface area (Å²) in [6.07, 6.45) is 0. The maximum Gasteiger partial charge on any atom is 0.219 e. The first-order chi connectivity index (χ1) is 9.51. The Bertz CT molecular complexity index is 614. The topological polar surface area (TPSA) is 22.1 Å². The van der Waals surface area contributed by atoms with Crippen molar-refractivity contribution in [3.63, 3.8) is 0 Å². The van der Waals surface area contributed by atoms with Crippen LogP contribution in [0.15, 0.2) is 30.3 Å². The predicted molar refractivity (Wildman–Crippen MR) is 84.4 cm³/mol. The predicted octanol–water partition coefficient (Wildman–Crippen LogP) is 6.04. The number of pyridine rings is 1. The smallest absolute Gasteiger partial charge is 0.219 e. The molecule has 0 atom stereocenters. The molecule has 1 aromatic heterocycles. The molecule has 0 spiro atoms. The molecule has 5 heteroatoms. The van der Waals surface area contributed by atoms with Crippen LogP contribution in [0.2, 0.25) is 10.0 Å². The molecule has 0 unspecified atom stereocenters. The van der Waals surface area contributed by atoms with Crippen molar-refractivity contribution in [2.45, 2.75) is 25.6 Å². The second-order valence-electron chi connectivity index (χ2n) is 4.68. The molecule has 0 N–H and O–H groups in total. The lowest BCUT2D eigenvalue weighted by atomic mass is 10.1. The van der Waals surface area contributed by atoms with E-state index in [0.717, 1.165) is 11.3 Å². The number of halogens is 3. The molecule has 0 saturated carbocycles. The van der Waals surface area contributed by atoms with Gasteiger partial charge in [0.15, 0.2) is 0 Å². The highest BCUT2D eigenvalue weighted by molar-refractivity contribution is 6.42.